The highest BCUT2D eigenvalue weighted by atomic mass is 35.5. The van der Waals surface area contributed by atoms with Crippen molar-refractivity contribution in [1.82, 2.24) is 4.90 Å². The molecule has 1 saturated heterocycles. The van der Waals surface area contributed by atoms with Crippen molar-refractivity contribution in [1.29, 1.82) is 0 Å². The third-order valence-corrected chi connectivity index (χ3v) is 4.65. The summed E-state index contributed by atoms with van der Waals surface area (Å²) in [6.07, 6.45) is 1.62. The Labute approximate surface area is 125 Å². The van der Waals surface area contributed by atoms with Gasteiger partial charge in [0.15, 0.2) is 0 Å². The van der Waals surface area contributed by atoms with Crippen LogP contribution in [0.1, 0.15) is 18.9 Å². The highest BCUT2D eigenvalue weighted by molar-refractivity contribution is 8.00. The standard InChI is InChI=1S/C14H20N2OS.ClH/c1-2-13-10-16(7-8-18-13)14(17)9-11-3-5-12(15)6-4-11;/h3-6,13H,2,7-10,15H2,1H3;1H. The summed E-state index contributed by atoms with van der Waals surface area (Å²) in [5.41, 5.74) is 7.42. The lowest BCUT2D eigenvalue weighted by molar-refractivity contribution is -0.130. The molecule has 3 nitrogen and oxygen atoms in total. The van der Waals surface area contributed by atoms with Gasteiger partial charge in [0.25, 0.3) is 0 Å². The molecule has 0 saturated carbocycles. The van der Waals surface area contributed by atoms with Gasteiger partial charge >= 0.3 is 0 Å². The number of amides is 1. The van der Waals surface area contributed by atoms with Crippen LogP contribution in [0.5, 0.6) is 0 Å². The minimum Gasteiger partial charge on any atom is -0.399 e. The summed E-state index contributed by atoms with van der Waals surface area (Å²) < 4.78 is 0. The molecule has 0 aromatic heterocycles. The Morgan fingerprint density at radius 2 is 2.11 bits per heavy atom. The number of rotatable bonds is 3. The first-order chi connectivity index (χ1) is 8.69. The van der Waals surface area contributed by atoms with Gasteiger partial charge in [0.1, 0.15) is 0 Å². The lowest BCUT2D eigenvalue weighted by Crippen LogP contribution is -2.42. The molecule has 1 heterocycles. The number of carbonyl (C=O) groups excluding carboxylic acids is 1. The number of nitrogen functional groups attached to an aromatic ring is 1. The predicted molar refractivity (Wildman–Crippen MR) is 84.9 cm³/mol. The molecule has 0 spiro atoms. The Morgan fingerprint density at radius 3 is 2.74 bits per heavy atom. The molecule has 0 bridgehead atoms. The van der Waals surface area contributed by atoms with Crippen molar-refractivity contribution in [2.75, 3.05) is 24.6 Å². The Bertz CT molecular complexity index is 410. The van der Waals surface area contributed by atoms with Crippen molar-refractivity contribution in [2.45, 2.75) is 25.0 Å². The first-order valence-corrected chi connectivity index (χ1v) is 7.47. The lowest BCUT2D eigenvalue weighted by Gasteiger charge is -2.32. The number of benzene rings is 1. The molecule has 1 unspecified atom stereocenters. The topological polar surface area (TPSA) is 46.3 Å². The van der Waals surface area contributed by atoms with E-state index in [0.29, 0.717) is 11.7 Å². The van der Waals surface area contributed by atoms with Crippen LogP contribution in [0.15, 0.2) is 24.3 Å². The molecule has 1 aromatic rings. The fourth-order valence-corrected chi connectivity index (χ4v) is 3.29. The zero-order valence-corrected chi connectivity index (χ0v) is 12.8. The number of nitrogens with zero attached hydrogens (tertiary/aromatic N) is 1. The number of halogens is 1. The molecule has 1 amide bonds. The van der Waals surface area contributed by atoms with Crippen LogP contribution in [0.2, 0.25) is 0 Å². The molecular formula is C14H21ClN2OS. The average molecular weight is 301 g/mol. The van der Waals surface area contributed by atoms with Crippen LogP contribution in [-0.4, -0.2) is 34.9 Å². The molecule has 106 valence electrons. The lowest BCUT2D eigenvalue weighted by atomic mass is 10.1. The van der Waals surface area contributed by atoms with Crippen LogP contribution < -0.4 is 5.73 Å². The number of anilines is 1. The maximum Gasteiger partial charge on any atom is 0.227 e. The molecule has 2 rings (SSSR count). The molecule has 2 N–H and O–H groups in total. The normalized spacial score (nSPS) is 18.8. The van der Waals surface area contributed by atoms with Crippen LogP contribution in [0, 0.1) is 0 Å². The molecule has 1 atom stereocenters. The summed E-state index contributed by atoms with van der Waals surface area (Å²) >= 11 is 1.98. The summed E-state index contributed by atoms with van der Waals surface area (Å²) in [6, 6.07) is 7.57. The second-order valence-corrected chi connectivity index (χ2v) is 6.07. The zero-order valence-electron chi connectivity index (χ0n) is 11.2. The number of hydrogen-bond donors (Lipinski definition) is 1. The summed E-state index contributed by atoms with van der Waals surface area (Å²) in [7, 11) is 0. The molecule has 1 fully saturated rings. The summed E-state index contributed by atoms with van der Waals surface area (Å²) in [6.45, 7) is 3.97. The van der Waals surface area contributed by atoms with E-state index in [9.17, 15) is 4.79 Å². The van der Waals surface area contributed by atoms with E-state index < -0.39 is 0 Å². The fourth-order valence-electron chi connectivity index (χ4n) is 2.11. The molecule has 0 aliphatic carbocycles. The van der Waals surface area contributed by atoms with Gasteiger partial charge in [-0.3, -0.25) is 4.79 Å². The molecular weight excluding hydrogens is 280 g/mol. The summed E-state index contributed by atoms with van der Waals surface area (Å²) in [4.78, 5) is 14.2. The van der Waals surface area contributed by atoms with E-state index in [0.717, 1.165) is 36.5 Å². The van der Waals surface area contributed by atoms with E-state index >= 15 is 0 Å². The van der Waals surface area contributed by atoms with Crippen molar-refractivity contribution in [3.8, 4) is 0 Å². The number of hydrogen-bond acceptors (Lipinski definition) is 3. The van der Waals surface area contributed by atoms with Crippen molar-refractivity contribution in [3.63, 3.8) is 0 Å². The quantitative estimate of drug-likeness (QED) is 0.873. The third-order valence-electron chi connectivity index (χ3n) is 3.28. The van der Waals surface area contributed by atoms with E-state index in [-0.39, 0.29) is 18.3 Å². The van der Waals surface area contributed by atoms with Gasteiger partial charge < -0.3 is 10.6 Å². The minimum absolute atomic E-state index is 0. The number of thioether (sulfide) groups is 1. The minimum atomic E-state index is 0. The fraction of sp³-hybridized carbons (Fsp3) is 0.500. The largest absolute Gasteiger partial charge is 0.399 e. The van der Waals surface area contributed by atoms with Crippen molar-refractivity contribution >= 4 is 35.8 Å². The zero-order chi connectivity index (χ0) is 13.0. The van der Waals surface area contributed by atoms with Gasteiger partial charge in [-0.2, -0.15) is 11.8 Å². The molecule has 0 radical (unpaired) electrons. The Hall–Kier alpha value is -0.870. The van der Waals surface area contributed by atoms with Crippen LogP contribution in [0.3, 0.4) is 0 Å². The van der Waals surface area contributed by atoms with Gasteiger partial charge in [0.2, 0.25) is 5.91 Å². The van der Waals surface area contributed by atoms with Crippen LogP contribution in [0.4, 0.5) is 5.69 Å². The van der Waals surface area contributed by atoms with Gasteiger partial charge in [-0.25, -0.2) is 0 Å². The second-order valence-electron chi connectivity index (χ2n) is 4.66. The Balaban J connectivity index is 0.00000180. The molecule has 1 aromatic carbocycles. The van der Waals surface area contributed by atoms with Crippen molar-refractivity contribution < 1.29 is 4.79 Å². The van der Waals surface area contributed by atoms with E-state index in [1.165, 1.54) is 0 Å². The van der Waals surface area contributed by atoms with Crippen LogP contribution in [-0.2, 0) is 11.2 Å². The average Bonchev–Trinajstić information content (AvgIpc) is 2.41. The first-order valence-electron chi connectivity index (χ1n) is 6.43. The number of carbonyl (C=O) groups is 1. The summed E-state index contributed by atoms with van der Waals surface area (Å²) in [5.74, 6) is 1.30. The Kier molecular flexibility index (Phi) is 6.52. The van der Waals surface area contributed by atoms with Crippen molar-refractivity contribution in [3.05, 3.63) is 29.8 Å². The molecule has 1 aliphatic rings. The third kappa shape index (κ3) is 4.62. The SMILES string of the molecule is CCC1CN(C(=O)Cc2ccc(N)cc2)CCS1.Cl. The predicted octanol–water partition coefficient (Wildman–Crippen LogP) is 2.59. The number of nitrogens with two attached hydrogens (primary N) is 1. The second kappa shape index (κ2) is 7.65. The molecule has 19 heavy (non-hydrogen) atoms. The maximum atomic E-state index is 12.2. The van der Waals surface area contributed by atoms with E-state index in [1.54, 1.807) is 0 Å². The monoisotopic (exact) mass is 300 g/mol. The van der Waals surface area contributed by atoms with Gasteiger partial charge in [-0.15, -0.1) is 12.4 Å². The molecule has 5 heteroatoms. The van der Waals surface area contributed by atoms with Gasteiger partial charge in [-0.05, 0) is 24.1 Å². The summed E-state index contributed by atoms with van der Waals surface area (Å²) in [5, 5.41) is 0.606. The first kappa shape index (κ1) is 16.2. The van der Waals surface area contributed by atoms with Crippen molar-refractivity contribution in [2.24, 2.45) is 0 Å². The Morgan fingerprint density at radius 1 is 1.42 bits per heavy atom. The van der Waals surface area contributed by atoms with Crippen LogP contribution >= 0.6 is 24.2 Å². The molecule has 1 aliphatic heterocycles. The highest BCUT2D eigenvalue weighted by Crippen LogP contribution is 2.21. The van der Waals surface area contributed by atoms with Gasteiger partial charge in [-0.1, -0.05) is 19.1 Å². The smallest absolute Gasteiger partial charge is 0.227 e. The van der Waals surface area contributed by atoms with Crippen LogP contribution in [0.25, 0.3) is 0 Å². The van der Waals surface area contributed by atoms with Gasteiger partial charge in [0, 0.05) is 29.8 Å². The highest BCUT2D eigenvalue weighted by Gasteiger charge is 2.22. The van der Waals surface area contributed by atoms with E-state index in [2.05, 4.69) is 6.92 Å². The maximum absolute atomic E-state index is 12.2. The van der Waals surface area contributed by atoms with E-state index in [1.807, 2.05) is 40.9 Å². The van der Waals surface area contributed by atoms with Gasteiger partial charge in [0.05, 0.1) is 6.42 Å². The van der Waals surface area contributed by atoms with E-state index in [4.69, 9.17) is 5.73 Å².